The molecule has 2 atom stereocenters. The van der Waals surface area contributed by atoms with Crippen molar-refractivity contribution in [3.8, 4) is 5.75 Å². The Morgan fingerprint density at radius 2 is 1.72 bits per heavy atom. The molecular formula is C45H57N5O6S. The quantitative estimate of drug-likeness (QED) is 0.0503. The average molecular weight is 796 g/mol. The number of aldehydes is 1. The van der Waals surface area contributed by atoms with Gasteiger partial charge in [0.25, 0.3) is 6.47 Å². The first-order valence-corrected chi connectivity index (χ1v) is 20.7. The number of carbonyl (C=O) groups is 2. The van der Waals surface area contributed by atoms with Gasteiger partial charge >= 0.3 is 0 Å². The first-order valence-electron chi connectivity index (χ1n) is 19.8. The smallest absolute Gasteiger partial charge is 0.293 e. The number of hydrogen-bond acceptors (Lipinski definition) is 11. The SMILES string of the molecule is CC1(NCc2ccc(C=O)s2)CCc2ccccc21.CNCCCCNCC(O)c1ccc(O)c2[nH]c(=O)ccc12.O=COC1CCN(Cc2ccccc2)CC1. The van der Waals surface area contributed by atoms with Gasteiger partial charge in [0, 0.05) is 54.6 Å². The number of ether oxygens (including phenoxy) is 1. The molecule has 2 unspecified atom stereocenters. The first-order chi connectivity index (χ1) is 27.7. The van der Waals surface area contributed by atoms with Gasteiger partial charge in [0.15, 0.2) is 6.29 Å². The topological polar surface area (TPSA) is 156 Å². The number of fused-ring (bicyclic) bond motifs is 2. The number of nitrogens with one attached hydrogen (secondary N) is 4. The molecule has 1 saturated heterocycles. The molecule has 304 valence electrons. The Kier molecular flexibility index (Phi) is 17.0. The fourth-order valence-electron chi connectivity index (χ4n) is 7.39. The van der Waals surface area contributed by atoms with Crippen molar-refractivity contribution in [3.63, 3.8) is 0 Å². The average Bonchev–Trinajstić information content (AvgIpc) is 3.85. The summed E-state index contributed by atoms with van der Waals surface area (Å²) in [5.74, 6) is 0.00340. The number of aliphatic hydroxyl groups excluding tert-OH is 1. The molecule has 7 rings (SSSR count). The van der Waals surface area contributed by atoms with Crippen LogP contribution in [0.2, 0.25) is 0 Å². The molecular weight excluding hydrogens is 739 g/mol. The predicted octanol–water partition coefficient (Wildman–Crippen LogP) is 6.19. The lowest BCUT2D eigenvalue weighted by atomic mass is 9.94. The molecule has 2 aromatic heterocycles. The van der Waals surface area contributed by atoms with E-state index in [9.17, 15) is 24.6 Å². The van der Waals surface area contributed by atoms with Crippen LogP contribution in [-0.4, -0.2) is 78.7 Å². The number of aryl methyl sites for hydroxylation is 1. The summed E-state index contributed by atoms with van der Waals surface area (Å²) in [5, 5.41) is 30.8. The highest BCUT2D eigenvalue weighted by molar-refractivity contribution is 7.13. The lowest BCUT2D eigenvalue weighted by molar-refractivity contribution is -0.135. The van der Waals surface area contributed by atoms with E-state index in [2.05, 4.69) is 81.3 Å². The molecule has 1 aliphatic heterocycles. The van der Waals surface area contributed by atoms with Crippen LogP contribution >= 0.6 is 11.3 Å². The minimum absolute atomic E-state index is 0.00340. The largest absolute Gasteiger partial charge is 0.506 e. The van der Waals surface area contributed by atoms with Crippen LogP contribution in [0.15, 0.2) is 95.8 Å². The number of phenols is 1. The van der Waals surface area contributed by atoms with Gasteiger partial charge < -0.3 is 35.9 Å². The number of aliphatic hydroxyl groups is 1. The molecule has 2 aliphatic rings. The number of thiophene rings is 1. The standard InChI is InChI=1S/C16H23N3O3.C16H17NOS.C13H17NO2/c1-17-8-2-3-9-18-10-14(21)11-4-6-13(20)16-12(11)5-7-15(22)19-16;1-16(9-8-12-4-2-3-5-15(12)16)17-10-13-6-7-14(11-18)19-13;15-11-16-13-6-8-14(9-7-13)10-12-4-2-1-3-5-12/h4-7,14,17-18,20-21H,2-3,8-10H2,1H3,(H,19,22);2-7,11,17H,8-10H2,1H3;1-5,11,13H,6-10H2. The third-order valence-corrected chi connectivity index (χ3v) is 11.6. The number of phenolic OH excluding ortho intramolecular Hbond substituents is 1. The summed E-state index contributed by atoms with van der Waals surface area (Å²) in [5.41, 5.74) is 5.04. The maximum absolute atomic E-state index is 11.4. The van der Waals surface area contributed by atoms with Gasteiger partial charge in [-0.1, -0.05) is 60.7 Å². The number of nitrogens with zero attached hydrogens (tertiary/aromatic N) is 1. The third-order valence-electron chi connectivity index (χ3n) is 10.6. The van der Waals surface area contributed by atoms with E-state index < -0.39 is 6.10 Å². The van der Waals surface area contributed by atoms with E-state index in [1.165, 1.54) is 33.7 Å². The highest BCUT2D eigenvalue weighted by atomic mass is 32.1. The monoisotopic (exact) mass is 795 g/mol. The third kappa shape index (κ3) is 12.9. The summed E-state index contributed by atoms with van der Waals surface area (Å²) in [4.78, 5) is 39.3. The molecule has 11 nitrogen and oxygen atoms in total. The minimum Gasteiger partial charge on any atom is -0.506 e. The summed E-state index contributed by atoms with van der Waals surface area (Å²) in [6, 6.07) is 29.2. The minimum atomic E-state index is -0.696. The Bertz CT molecular complexity index is 2050. The molecule has 12 heteroatoms. The number of aromatic amines is 1. The fraction of sp³-hybridized carbons (Fsp3) is 0.400. The van der Waals surface area contributed by atoms with Gasteiger partial charge in [0.2, 0.25) is 5.56 Å². The van der Waals surface area contributed by atoms with Gasteiger partial charge in [0.05, 0.1) is 16.5 Å². The van der Waals surface area contributed by atoms with Crippen LogP contribution in [0.3, 0.4) is 0 Å². The first kappa shape index (κ1) is 43.4. The maximum Gasteiger partial charge on any atom is 0.293 e. The van der Waals surface area contributed by atoms with Crippen molar-refractivity contribution in [3.05, 3.63) is 133 Å². The molecule has 0 amide bonds. The molecule has 1 fully saturated rings. The van der Waals surface area contributed by atoms with E-state index in [0.29, 0.717) is 29.5 Å². The maximum atomic E-state index is 11.4. The molecule has 0 bridgehead atoms. The number of likely N-dealkylation sites (tertiary alicyclic amines) is 1. The summed E-state index contributed by atoms with van der Waals surface area (Å²) in [6.07, 6.45) is 6.66. The van der Waals surface area contributed by atoms with Crippen molar-refractivity contribution >= 4 is 35.0 Å². The number of benzene rings is 3. The molecule has 6 N–H and O–H groups in total. The second kappa shape index (κ2) is 22.3. The molecule has 0 radical (unpaired) electrons. The summed E-state index contributed by atoms with van der Waals surface area (Å²) >= 11 is 1.57. The summed E-state index contributed by atoms with van der Waals surface area (Å²) < 4.78 is 4.97. The number of rotatable bonds is 16. The normalized spacial score (nSPS) is 17.1. The van der Waals surface area contributed by atoms with Crippen LogP contribution in [0.4, 0.5) is 0 Å². The van der Waals surface area contributed by atoms with Crippen LogP contribution in [0.1, 0.15) is 81.9 Å². The predicted molar refractivity (Wildman–Crippen MR) is 228 cm³/mol. The van der Waals surface area contributed by atoms with Crippen molar-refractivity contribution in [1.29, 1.82) is 0 Å². The summed E-state index contributed by atoms with van der Waals surface area (Å²) in [6.45, 7) is 8.92. The van der Waals surface area contributed by atoms with Gasteiger partial charge in [0.1, 0.15) is 11.9 Å². The van der Waals surface area contributed by atoms with Crippen LogP contribution in [-0.2, 0) is 34.6 Å². The van der Waals surface area contributed by atoms with Crippen molar-refractivity contribution in [1.82, 2.24) is 25.8 Å². The zero-order valence-corrected chi connectivity index (χ0v) is 33.9. The molecule has 5 aromatic rings. The molecule has 1 aliphatic carbocycles. The number of hydrogen-bond donors (Lipinski definition) is 6. The number of carbonyl (C=O) groups excluding carboxylic acids is 2. The Morgan fingerprint density at radius 3 is 2.46 bits per heavy atom. The van der Waals surface area contributed by atoms with Crippen molar-refractivity contribution < 1.29 is 24.5 Å². The number of piperidine rings is 1. The second-order valence-corrected chi connectivity index (χ2v) is 16.0. The lowest BCUT2D eigenvalue weighted by Crippen LogP contribution is -2.36. The molecule has 0 spiro atoms. The zero-order valence-electron chi connectivity index (χ0n) is 33.0. The van der Waals surface area contributed by atoms with E-state index in [0.717, 1.165) is 89.0 Å². The molecule has 3 heterocycles. The van der Waals surface area contributed by atoms with Gasteiger partial charge in [-0.05, 0) is 112 Å². The summed E-state index contributed by atoms with van der Waals surface area (Å²) in [7, 11) is 1.93. The Hall–Kier alpha value is -4.69. The number of unbranched alkanes of at least 4 members (excludes halogenated alkanes) is 1. The van der Waals surface area contributed by atoms with E-state index >= 15 is 0 Å². The van der Waals surface area contributed by atoms with Gasteiger partial charge in [-0.2, -0.15) is 0 Å². The van der Waals surface area contributed by atoms with E-state index in [4.69, 9.17) is 4.74 Å². The Morgan fingerprint density at radius 1 is 0.965 bits per heavy atom. The van der Waals surface area contributed by atoms with Crippen LogP contribution in [0.25, 0.3) is 10.9 Å². The molecule has 3 aromatic carbocycles. The van der Waals surface area contributed by atoms with Gasteiger partial charge in [-0.3, -0.25) is 19.3 Å². The van der Waals surface area contributed by atoms with Crippen molar-refractivity contribution in [2.24, 2.45) is 0 Å². The number of H-pyrrole nitrogens is 1. The number of aromatic hydroxyl groups is 1. The van der Waals surface area contributed by atoms with Crippen molar-refractivity contribution in [2.45, 2.75) is 76.3 Å². The van der Waals surface area contributed by atoms with Crippen LogP contribution < -0.4 is 21.5 Å². The Balaban J connectivity index is 0.000000165. The van der Waals surface area contributed by atoms with Gasteiger partial charge in [-0.15, -0.1) is 11.3 Å². The number of aromatic nitrogens is 1. The van der Waals surface area contributed by atoms with Crippen LogP contribution in [0, 0.1) is 0 Å². The highest BCUT2D eigenvalue weighted by Crippen LogP contribution is 2.37. The van der Waals surface area contributed by atoms with Gasteiger partial charge in [-0.25, -0.2) is 0 Å². The van der Waals surface area contributed by atoms with Crippen molar-refractivity contribution in [2.75, 3.05) is 39.8 Å². The fourth-order valence-corrected chi connectivity index (χ4v) is 8.16. The highest BCUT2D eigenvalue weighted by Gasteiger charge is 2.33. The lowest BCUT2D eigenvalue weighted by Gasteiger charge is -2.30. The van der Waals surface area contributed by atoms with Crippen LogP contribution in [0.5, 0.6) is 5.75 Å². The van der Waals surface area contributed by atoms with E-state index in [1.54, 1.807) is 23.5 Å². The molecule has 57 heavy (non-hydrogen) atoms. The zero-order chi connectivity index (χ0) is 40.5. The number of pyridine rings is 1. The molecule has 0 saturated carbocycles. The second-order valence-electron chi connectivity index (χ2n) is 14.8. The van der Waals surface area contributed by atoms with E-state index in [1.807, 2.05) is 25.2 Å². The Labute approximate surface area is 339 Å². The van der Waals surface area contributed by atoms with E-state index in [-0.39, 0.29) is 23.0 Å².